The number of hydrogen-bond acceptors (Lipinski definition) is 4. The molecule has 132 valence electrons. The molecule has 0 spiro atoms. The Balaban J connectivity index is 1.40. The summed E-state index contributed by atoms with van der Waals surface area (Å²) in [5.41, 5.74) is 1.20. The van der Waals surface area contributed by atoms with E-state index in [4.69, 9.17) is 4.74 Å². The van der Waals surface area contributed by atoms with E-state index < -0.39 is 5.41 Å². The smallest absolute Gasteiger partial charge is 0.316 e. The third-order valence-electron chi connectivity index (χ3n) is 5.35. The molecule has 2 aliphatic rings. The van der Waals surface area contributed by atoms with Crippen molar-refractivity contribution in [3.63, 3.8) is 0 Å². The third kappa shape index (κ3) is 2.51. The molecule has 1 fully saturated rings. The number of benzene rings is 2. The molecule has 0 N–H and O–H groups in total. The van der Waals surface area contributed by atoms with Crippen molar-refractivity contribution < 1.29 is 19.1 Å². The fourth-order valence-electron chi connectivity index (χ4n) is 3.71. The van der Waals surface area contributed by atoms with Crippen LogP contribution in [0.4, 0.5) is 0 Å². The van der Waals surface area contributed by atoms with Gasteiger partial charge in [0.15, 0.2) is 0 Å². The first-order valence-electron chi connectivity index (χ1n) is 8.81. The minimum Gasteiger partial charge on any atom is -0.463 e. The first-order valence-corrected chi connectivity index (χ1v) is 8.81. The van der Waals surface area contributed by atoms with Crippen LogP contribution in [-0.2, 0) is 14.9 Å². The highest BCUT2D eigenvalue weighted by Gasteiger charge is 2.47. The molecule has 2 aromatic rings. The van der Waals surface area contributed by atoms with Crippen LogP contribution < -0.4 is 0 Å². The van der Waals surface area contributed by atoms with Crippen molar-refractivity contribution in [2.75, 3.05) is 13.2 Å². The quantitative estimate of drug-likeness (QED) is 0.615. The molecule has 0 unspecified atom stereocenters. The third-order valence-corrected chi connectivity index (χ3v) is 5.35. The lowest BCUT2D eigenvalue weighted by Gasteiger charge is -2.39. The van der Waals surface area contributed by atoms with Crippen LogP contribution in [0, 0.1) is 0 Å². The molecule has 4 rings (SSSR count). The summed E-state index contributed by atoms with van der Waals surface area (Å²) in [4.78, 5) is 38.5. The molecule has 0 atom stereocenters. The lowest BCUT2D eigenvalue weighted by molar-refractivity contribution is -0.154. The van der Waals surface area contributed by atoms with Gasteiger partial charge in [-0.25, -0.2) is 0 Å². The van der Waals surface area contributed by atoms with Crippen molar-refractivity contribution in [3.8, 4) is 0 Å². The van der Waals surface area contributed by atoms with Gasteiger partial charge in [-0.3, -0.25) is 19.3 Å². The largest absolute Gasteiger partial charge is 0.463 e. The second-order valence-corrected chi connectivity index (χ2v) is 6.75. The van der Waals surface area contributed by atoms with Gasteiger partial charge in [-0.05, 0) is 30.5 Å². The Labute approximate surface area is 151 Å². The van der Waals surface area contributed by atoms with Crippen LogP contribution in [0.5, 0.6) is 0 Å². The average Bonchev–Trinajstić information content (AvgIpc) is 2.87. The maximum Gasteiger partial charge on any atom is 0.316 e. The molecule has 1 aliphatic heterocycles. The van der Waals surface area contributed by atoms with Gasteiger partial charge in [0.2, 0.25) is 0 Å². The molecule has 1 aliphatic carbocycles. The van der Waals surface area contributed by atoms with E-state index in [1.165, 1.54) is 0 Å². The van der Waals surface area contributed by atoms with Crippen LogP contribution in [-0.4, -0.2) is 35.8 Å². The Bertz CT molecular complexity index is 836. The number of esters is 1. The van der Waals surface area contributed by atoms with Crippen molar-refractivity contribution in [2.24, 2.45) is 0 Å². The molecule has 1 saturated carbocycles. The molecule has 2 amide bonds. The van der Waals surface area contributed by atoms with Crippen LogP contribution in [0.15, 0.2) is 54.6 Å². The molecule has 0 aromatic heterocycles. The molecule has 1 heterocycles. The highest BCUT2D eigenvalue weighted by atomic mass is 16.5. The number of carbonyl (C=O) groups excluding carboxylic acids is 3. The summed E-state index contributed by atoms with van der Waals surface area (Å²) in [5.74, 6) is -0.933. The Morgan fingerprint density at radius 1 is 0.923 bits per heavy atom. The summed E-state index contributed by atoms with van der Waals surface area (Å²) in [6, 6.07) is 16.4. The molecule has 2 aromatic carbocycles. The van der Waals surface area contributed by atoms with Crippen molar-refractivity contribution in [3.05, 3.63) is 71.3 Å². The van der Waals surface area contributed by atoms with Gasteiger partial charge in [-0.15, -0.1) is 0 Å². The monoisotopic (exact) mass is 349 g/mol. The first-order chi connectivity index (χ1) is 12.6. The fourth-order valence-corrected chi connectivity index (χ4v) is 3.71. The van der Waals surface area contributed by atoms with Crippen molar-refractivity contribution in [1.29, 1.82) is 0 Å². The summed E-state index contributed by atoms with van der Waals surface area (Å²) in [7, 11) is 0. The lowest BCUT2D eigenvalue weighted by Crippen LogP contribution is -2.44. The van der Waals surface area contributed by atoms with Crippen molar-refractivity contribution in [1.82, 2.24) is 4.90 Å². The van der Waals surface area contributed by atoms with Gasteiger partial charge in [-0.2, -0.15) is 0 Å². The van der Waals surface area contributed by atoms with E-state index in [2.05, 4.69) is 0 Å². The van der Waals surface area contributed by atoms with Gasteiger partial charge in [0.1, 0.15) is 6.61 Å². The second kappa shape index (κ2) is 6.41. The topological polar surface area (TPSA) is 63.7 Å². The number of amides is 2. The molecule has 0 radical (unpaired) electrons. The number of ether oxygens (including phenoxy) is 1. The van der Waals surface area contributed by atoms with E-state index >= 15 is 0 Å². The van der Waals surface area contributed by atoms with Gasteiger partial charge in [0.05, 0.1) is 23.1 Å². The predicted molar refractivity (Wildman–Crippen MR) is 94.7 cm³/mol. The molecular weight excluding hydrogens is 330 g/mol. The zero-order valence-corrected chi connectivity index (χ0v) is 14.3. The number of rotatable bonds is 5. The molecule has 5 heteroatoms. The van der Waals surface area contributed by atoms with E-state index in [9.17, 15) is 14.4 Å². The zero-order chi connectivity index (χ0) is 18.1. The molecule has 0 saturated heterocycles. The lowest BCUT2D eigenvalue weighted by atomic mass is 9.64. The standard InChI is InChI=1S/C21H19NO4/c23-18-16-9-4-5-10-17(16)19(24)22(18)13-14-26-20(25)21(11-6-12-21)15-7-2-1-3-8-15/h1-5,7-10H,6,11-14H2. The van der Waals surface area contributed by atoms with Gasteiger partial charge < -0.3 is 4.74 Å². The van der Waals surface area contributed by atoms with Crippen LogP contribution in [0.3, 0.4) is 0 Å². The molecule has 5 nitrogen and oxygen atoms in total. The number of nitrogens with zero attached hydrogens (tertiary/aromatic N) is 1. The molecule has 26 heavy (non-hydrogen) atoms. The van der Waals surface area contributed by atoms with E-state index in [0.29, 0.717) is 11.1 Å². The van der Waals surface area contributed by atoms with E-state index in [0.717, 1.165) is 29.7 Å². The van der Waals surface area contributed by atoms with Crippen LogP contribution in [0.25, 0.3) is 0 Å². The summed E-state index contributed by atoms with van der Waals surface area (Å²) in [6.45, 7) is 0.0852. The van der Waals surface area contributed by atoms with Crippen LogP contribution >= 0.6 is 0 Å². The van der Waals surface area contributed by atoms with Crippen molar-refractivity contribution in [2.45, 2.75) is 24.7 Å². The Kier molecular flexibility index (Phi) is 4.07. The highest BCUT2D eigenvalue weighted by Crippen LogP contribution is 2.44. The SMILES string of the molecule is O=C1c2ccccc2C(=O)N1CCOC(=O)C1(c2ccccc2)CCC1. The maximum atomic E-state index is 12.7. The highest BCUT2D eigenvalue weighted by molar-refractivity contribution is 6.21. The fraction of sp³-hybridized carbons (Fsp3) is 0.286. The Hall–Kier alpha value is -2.95. The zero-order valence-electron chi connectivity index (χ0n) is 14.3. The number of fused-ring (bicyclic) bond motifs is 1. The van der Waals surface area contributed by atoms with Crippen molar-refractivity contribution >= 4 is 17.8 Å². The average molecular weight is 349 g/mol. The molecule has 0 bridgehead atoms. The van der Waals surface area contributed by atoms with E-state index in [-0.39, 0.29) is 30.9 Å². The second-order valence-electron chi connectivity index (χ2n) is 6.75. The van der Waals surface area contributed by atoms with Gasteiger partial charge >= 0.3 is 5.97 Å². The minimum atomic E-state index is -0.580. The van der Waals surface area contributed by atoms with Crippen LogP contribution in [0.2, 0.25) is 0 Å². The molecular formula is C21H19NO4. The summed E-state index contributed by atoms with van der Waals surface area (Å²) >= 11 is 0. The van der Waals surface area contributed by atoms with Gasteiger partial charge in [0.25, 0.3) is 11.8 Å². The predicted octanol–water partition coefficient (Wildman–Crippen LogP) is 2.95. The number of carbonyl (C=O) groups is 3. The Morgan fingerprint density at radius 2 is 1.50 bits per heavy atom. The van der Waals surface area contributed by atoms with E-state index in [1.807, 2.05) is 30.3 Å². The van der Waals surface area contributed by atoms with Crippen LogP contribution in [0.1, 0.15) is 45.5 Å². The van der Waals surface area contributed by atoms with Gasteiger partial charge in [0, 0.05) is 0 Å². The number of hydrogen-bond donors (Lipinski definition) is 0. The summed E-state index contributed by atoms with van der Waals surface area (Å²) in [6.07, 6.45) is 2.52. The Morgan fingerprint density at radius 3 is 2.04 bits per heavy atom. The van der Waals surface area contributed by atoms with Gasteiger partial charge in [-0.1, -0.05) is 48.9 Å². The number of imide groups is 1. The first kappa shape index (κ1) is 16.5. The maximum absolute atomic E-state index is 12.7. The summed E-state index contributed by atoms with van der Waals surface area (Å²) < 4.78 is 5.48. The minimum absolute atomic E-state index is 0.0128. The van der Waals surface area contributed by atoms with E-state index in [1.54, 1.807) is 24.3 Å². The normalized spacial score (nSPS) is 17.6. The summed E-state index contributed by atoms with van der Waals surface area (Å²) in [5, 5.41) is 0.